The number of allylic oxidation sites excluding steroid dienone is 4. The van der Waals surface area contributed by atoms with Crippen molar-refractivity contribution in [1.29, 1.82) is 0 Å². The molecular weight excluding hydrogens is 476 g/mol. The summed E-state index contributed by atoms with van der Waals surface area (Å²) >= 11 is 5.95. The van der Waals surface area contributed by atoms with Gasteiger partial charge in [-0.1, -0.05) is 86.2 Å². The second kappa shape index (κ2) is 18.0. The van der Waals surface area contributed by atoms with E-state index in [0.717, 1.165) is 23.2 Å². The Morgan fingerprint density at radius 2 is 1.78 bits per heavy atom. The molecule has 2 aromatic carbocycles. The zero-order chi connectivity index (χ0) is 27.6. The van der Waals surface area contributed by atoms with Gasteiger partial charge in [0.05, 0.1) is 0 Å². The van der Waals surface area contributed by atoms with Crippen LogP contribution < -0.4 is 5.32 Å². The van der Waals surface area contributed by atoms with Gasteiger partial charge < -0.3 is 5.32 Å². The number of hydrogen-bond donors (Lipinski definition) is 1. The van der Waals surface area contributed by atoms with E-state index < -0.39 is 0 Å². The van der Waals surface area contributed by atoms with Gasteiger partial charge in [-0.25, -0.2) is 0 Å². The number of nitrogens with zero attached hydrogens (tertiary/aromatic N) is 1. The molecule has 3 nitrogen and oxygen atoms in total. The van der Waals surface area contributed by atoms with Crippen LogP contribution in [0.4, 0.5) is 0 Å². The van der Waals surface area contributed by atoms with Gasteiger partial charge in [0.25, 0.3) is 0 Å². The molecule has 2 rings (SSSR count). The summed E-state index contributed by atoms with van der Waals surface area (Å²) in [6, 6.07) is 16.7. The molecule has 37 heavy (non-hydrogen) atoms. The second-order valence-corrected chi connectivity index (χ2v) is 9.36. The Morgan fingerprint density at radius 1 is 1.16 bits per heavy atom. The Balaban J connectivity index is 0.00000217. The summed E-state index contributed by atoms with van der Waals surface area (Å²) in [5, 5.41) is 3.61. The van der Waals surface area contributed by atoms with Crippen LogP contribution in [0, 0.1) is 12.3 Å². The standard InChI is InChI=1S/C30H37ClN2O.C3H4/c1-6-9-24(4)33(5)22-26-15-13-25(14-16-26)10-8-11-30(34)32-29(7-2)21-12-23(3)27-17-19-28(31)20-18-27;1-3-2/h7-8,10,12-21,24H,2,6,9,11,22H2,1,3-5H3,(H,32,34);1H,2H3/b10-8?,23-12+,29-21+;. The number of rotatable bonds is 12. The van der Waals surface area contributed by atoms with Gasteiger partial charge in [-0.2, -0.15) is 0 Å². The number of nitrogens with one attached hydrogen (secondary N) is 1. The smallest absolute Gasteiger partial charge is 0.228 e. The minimum atomic E-state index is -0.0805. The molecule has 1 N–H and O–H groups in total. The highest BCUT2D eigenvalue weighted by atomic mass is 35.5. The topological polar surface area (TPSA) is 32.3 Å². The maximum atomic E-state index is 12.4. The van der Waals surface area contributed by atoms with Gasteiger partial charge in [0.15, 0.2) is 0 Å². The molecule has 0 radical (unpaired) electrons. The van der Waals surface area contributed by atoms with E-state index >= 15 is 0 Å². The molecule has 1 atom stereocenters. The monoisotopic (exact) mass is 516 g/mol. The fourth-order valence-corrected chi connectivity index (χ4v) is 3.64. The van der Waals surface area contributed by atoms with Gasteiger partial charge in [-0.15, -0.1) is 12.3 Å². The molecule has 1 amide bonds. The third kappa shape index (κ3) is 13.0. The Labute approximate surface area is 229 Å². The molecule has 0 saturated heterocycles. The molecule has 0 bridgehead atoms. The number of carbonyl (C=O) groups excluding carboxylic acids is 1. The van der Waals surface area contributed by atoms with Gasteiger partial charge >= 0.3 is 0 Å². The predicted octanol–water partition coefficient (Wildman–Crippen LogP) is 8.29. The van der Waals surface area contributed by atoms with Crippen molar-refractivity contribution >= 4 is 29.2 Å². The molecule has 0 aliphatic rings. The number of hydrogen-bond acceptors (Lipinski definition) is 2. The average molecular weight is 517 g/mol. The van der Waals surface area contributed by atoms with Crippen molar-refractivity contribution in [2.45, 2.75) is 59.5 Å². The molecule has 2 aromatic rings. The van der Waals surface area contributed by atoms with Crippen molar-refractivity contribution in [3.63, 3.8) is 0 Å². The molecule has 0 aromatic heterocycles. The highest BCUT2D eigenvalue weighted by Crippen LogP contribution is 2.17. The molecule has 0 aliphatic carbocycles. The highest BCUT2D eigenvalue weighted by molar-refractivity contribution is 6.30. The van der Waals surface area contributed by atoms with E-state index in [2.05, 4.69) is 74.3 Å². The Hall–Kier alpha value is -3.32. The summed E-state index contributed by atoms with van der Waals surface area (Å²) in [5.74, 6) is 2.17. The van der Waals surface area contributed by atoms with Crippen molar-refractivity contribution in [3.8, 4) is 12.3 Å². The number of amides is 1. The first-order chi connectivity index (χ1) is 17.7. The molecule has 4 heteroatoms. The van der Waals surface area contributed by atoms with Crippen LogP contribution in [0.25, 0.3) is 11.6 Å². The Morgan fingerprint density at radius 3 is 2.35 bits per heavy atom. The number of terminal acetylenes is 1. The first kappa shape index (κ1) is 31.7. The first-order valence-electron chi connectivity index (χ1n) is 12.6. The lowest BCUT2D eigenvalue weighted by Crippen LogP contribution is -2.28. The number of halogens is 1. The molecule has 0 aliphatic heterocycles. The van der Waals surface area contributed by atoms with Crippen molar-refractivity contribution < 1.29 is 4.79 Å². The van der Waals surface area contributed by atoms with Crippen LogP contribution in [0.2, 0.25) is 5.02 Å². The van der Waals surface area contributed by atoms with E-state index in [9.17, 15) is 4.79 Å². The maximum absolute atomic E-state index is 12.4. The molecule has 0 saturated carbocycles. The summed E-state index contributed by atoms with van der Waals surface area (Å²) in [6.45, 7) is 12.9. The van der Waals surface area contributed by atoms with Crippen LogP contribution in [0.15, 0.2) is 85.1 Å². The SMILES string of the molecule is C#CC.C=C/C(=C\C=C(/C)c1ccc(Cl)cc1)NC(=O)CC=Cc1ccc(CN(C)C(C)CCC)cc1. The minimum absolute atomic E-state index is 0.0805. The molecule has 0 fully saturated rings. The van der Waals surface area contributed by atoms with Crippen LogP contribution in [0.3, 0.4) is 0 Å². The molecule has 1 unspecified atom stereocenters. The van der Waals surface area contributed by atoms with Crippen LogP contribution in [-0.4, -0.2) is 23.9 Å². The summed E-state index contributed by atoms with van der Waals surface area (Å²) in [7, 11) is 2.17. The third-order valence-electron chi connectivity index (χ3n) is 5.80. The van der Waals surface area contributed by atoms with Crippen LogP contribution in [0.5, 0.6) is 0 Å². The normalized spacial score (nSPS) is 12.5. The number of carbonyl (C=O) groups is 1. The number of benzene rings is 2. The average Bonchev–Trinajstić information content (AvgIpc) is 2.88. The van der Waals surface area contributed by atoms with Crippen LogP contribution >= 0.6 is 11.6 Å². The summed E-state index contributed by atoms with van der Waals surface area (Å²) in [4.78, 5) is 14.7. The van der Waals surface area contributed by atoms with E-state index in [0.29, 0.717) is 23.2 Å². The molecular formula is C33H41ClN2O. The van der Waals surface area contributed by atoms with E-state index in [4.69, 9.17) is 11.6 Å². The van der Waals surface area contributed by atoms with Crippen molar-refractivity contribution in [2.75, 3.05) is 7.05 Å². The van der Waals surface area contributed by atoms with E-state index in [1.165, 1.54) is 18.4 Å². The van der Waals surface area contributed by atoms with E-state index in [-0.39, 0.29) is 5.91 Å². The lowest BCUT2D eigenvalue weighted by Gasteiger charge is -2.24. The van der Waals surface area contributed by atoms with Crippen molar-refractivity contribution in [3.05, 3.63) is 107 Å². The van der Waals surface area contributed by atoms with Gasteiger partial charge in [-0.3, -0.25) is 9.69 Å². The molecule has 0 spiro atoms. The lowest BCUT2D eigenvalue weighted by atomic mass is 10.1. The lowest BCUT2D eigenvalue weighted by molar-refractivity contribution is -0.119. The van der Waals surface area contributed by atoms with Gasteiger partial charge in [-0.05, 0) is 80.8 Å². The maximum Gasteiger partial charge on any atom is 0.228 e. The van der Waals surface area contributed by atoms with Crippen molar-refractivity contribution in [1.82, 2.24) is 10.2 Å². The van der Waals surface area contributed by atoms with Crippen LogP contribution in [-0.2, 0) is 11.3 Å². The van der Waals surface area contributed by atoms with Gasteiger partial charge in [0.1, 0.15) is 0 Å². The third-order valence-corrected chi connectivity index (χ3v) is 6.05. The van der Waals surface area contributed by atoms with Crippen molar-refractivity contribution in [2.24, 2.45) is 0 Å². The van der Waals surface area contributed by atoms with E-state index in [1.54, 1.807) is 13.0 Å². The van der Waals surface area contributed by atoms with Gasteiger partial charge in [0, 0.05) is 29.7 Å². The molecule has 196 valence electrons. The van der Waals surface area contributed by atoms with Crippen LogP contribution in [0.1, 0.15) is 63.6 Å². The first-order valence-corrected chi connectivity index (χ1v) is 13.0. The Kier molecular flexibility index (Phi) is 15.4. The zero-order valence-corrected chi connectivity index (χ0v) is 23.7. The largest absolute Gasteiger partial charge is 0.326 e. The quantitative estimate of drug-likeness (QED) is 0.227. The predicted molar refractivity (Wildman–Crippen MR) is 162 cm³/mol. The summed E-state index contributed by atoms with van der Waals surface area (Å²) < 4.78 is 0. The zero-order valence-electron chi connectivity index (χ0n) is 22.9. The fourth-order valence-electron chi connectivity index (χ4n) is 3.51. The van der Waals surface area contributed by atoms with Gasteiger partial charge in [0.2, 0.25) is 5.91 Å². The highest BCUT2D eigenvalue weighted by Gasteiger charge is 2.08. The Bertz CT molecular complexity index is 1100. The minimum Gasteiger partial charge on any atom is -0.326 e. The summed E-state index contributed by atoms with van der Waals surface area (Å²) in [5.41, 5.74) is 5.19. The molecule has 0 heterocycles. The fraction of sp³-hybridized carbons (Fsp3) is 0.303. The summed E-state index contributed by atoms with van der Waals surface area (Å²) in [6.07, 6.45) is 16.6. The van der Waals surface area contributed by atoms with E-state index in [1.807, 2.05) is 55.5 Å². The second-order valence-electron chi connectivity index (χ2n) is 8.92.